The number of hydrogen-bond donors (Lipinski definition) is 3. The lowest BCUT2D eigenvalue weighted by Gasteiger charge is -2.28. The van der Waals surface area contributed by atoms with Crippen LogP contribution in [0.25, 0.3) is 0 Å². The smallest absolute Gasteiger partial charge is 0.230 e. The molecule has 3 N–H and O–H groups in total. The maximum atomic E-state index is 12.6. The van der Waals surface area contributed by atoms with Gasteiger partial charge in [-0.15, -0.1) is 0 Å². The zero-order valence-corrected chi connectivity index (χ0v) is 16.0. The van der Waals surface area contributed by atoms with Crippen molar-refractivity contribution in [2.75, 3.05) is 6.54 Å². The van der Waals surface area contributed by atoms with E-state index in [2.05, 4.69) is 26.4 Å². The molecule has 3 atom stereocenters. The zero-order chi connectivity index (χ0) is 18.7. The van der Waals surface area contributed by atoms with Crippen molar-refractivity contribution in [2.45, 2.75) is 44.7 Å². The van der Waals surface area contributed by atoms with Crippen molar-refractivity contribution in [2.24, 2.45) is 0 Å². The number of β-amino-alcohol motifs (C(OH)–C–C–N with tert-alkyl or cyclic N) is 1. The average Bonchev–Trinajstić information content (AvgIpc) is 3.19. The van der Waals surface area contributed by atoms with E-state index in [1.54, 1.807) is 13.0 Å². The molecule has 0 aliphatic carbocycles. The Morgan fingerprint density at radius 1 is 1.46 bits per heavy atom. The Kier molecular flexibility index (Phi) is 6.08. The van der Waals surface area contributed by atoms with Crippen molar-refractivity contribution in [3.8, 4) is 0 Å². The molecule has 7 nitrogen and oxygen atoms in total. The Balaban J connectivity index is 1.60. The molecular formula is C18H22BrN3O4. The molecule has 0 spiro atoms. The molecule has 1 aliphatic heterocycles. The third kappa shape index (κ3) is 4.70. The van der Waals surface area contributed by atoms with Crippen LogP contribution in [0, 0.1) is 6.92 Å². The molecule has 3 rings (SSSR count). The maximum absolute atomic E-state index is 12.6. The van der Waals surface area contributed by atoms with Gasteiger partial charge in [-0.2, -0.15) is 0 Å². The molecule has 8 heteroatoms. The summed E-state index contributed by atoms with van der Waals surface area (Å²) < 4.78 is 6.08. The van der Waals surface area contributed by atoms with Gasteiger partial charge in [0.15, 0.2) is 0 Å². The summed E-state index contributed by atoms with van der Waals surface area (Å²) in [5.74, 6) is 0.275. The first-order valence-corrected chi connectivity index (χ1v) is 9.27. The number of rotatable bonds is 6. The lowest BCUT2D eigenvalue weighted by atomic mass is 10.1. The number of aliphatic hydroxyl groups excluding tert-OH is 2. The monoisotopic (exact) mass is 423 g/mol. The summed E-state index contributed by atoms with van der Waals surface area (Å²) in [6, 6.07) is 8.97. The standard InChI is InChI=1S/C18H22BrN3O4/c1-11-6-15(26-21-11)8-17(24)22-10-14(23)7-16(22)18(25)20-9-12-2-4-13(19)5-3-12/h2-6,14,16,18,20,23,25H,7-10H2,1H3/t14-,16+,18?/m1/s1. The van der Waals surface area contributed by atoms with Crippen LogP contribution in [0.1, 0.15) is 23.4 Å². The molecule has 1 aliphatic rings. The predicted molar refractivity (Wildman–Crippen MR) is 98.1 cm³/mol. The van der Waals surface area contributed by atoms with E-state index in [1.807, 2.05) is 24.3 Å². The molecule has 1 unspecified atom stereocenters. The highest BCUT2D eigenvalue weighted by Crippen LogP contribution is 2.22. The van der Waals surface area contributed by atoms with Gasteiger partial charge in [0.2, 0.25) is 5.91 Å². The van der Waals surface area contributed by atoms with Gasteiger partial charge in [0.25, 0.3) is 0 Å². The highest BCUT2D eigenvalue weighted by molar-refractivity contribution is 9.10. The van der Waals surface area contributed by atoms with Gasteiger partial charge >= 0.3 is 0 Å². The Labute approximate surface area is 160 Å². The summed E-state index contributed by atoms with van der Waals surface area (Å²) in [4.78, 5) is 14.1. The number of halogens is 1. The zero-order valence-electron chi connectivity index (χ0n) is 14.4. The minimum Gasteiger partial charge on any atom is -0.391 e. The van der Waals surface area contributed by atoms with E-state index in [4.69, 9.17) is 4.52 Å². The van der Waals surface area contributed by atoms with E-state index in [0.717, 1.165) is 10.0 Å². The molecule has 1 aromatic carbocycles. The van der Waals surface area contributed by atoms with Gasteiger partial charge in [0.05, 0.1) is 24.3 Å². The van der Waals surface area contributed by atoms with Crippen molar-refractivity contribution in [1.82, 2.24) is 15.4 Å². The number of carbonyl (C=O) groups excluding carboxylic acids is 1. The second-order valence-electron chi connectivity index (χ2n) is 6.57. The van der Waals surface area contributed by atoms with E-state index in [0.29, 0.717) is 24.4 Å². The van der Waals surface area contributed by atoms with Gasteiger partial charge in [0.1, 0.15) is 12.0 Å². The molecule has 2 heterocycles. The molecule has 140 valence electrons. The van der Waals surface area contributed by atoms with Gasteiger partial charge in [0, 0.05) is 23.6 Å². The fourth-order valence-corrected chi connectivity index (χ4v) is 3.40. The topological polar surface area (TPSA) is 98.8 Å². The Hall–Kier alpha value is -1.74. The third-order valence-corrected chi connectivity index (χ3v) is 4.97. The van der Waals surface area contributed by atoms with Crippen LogP contribution in [-0.2, 0) is 17.8 Å². The van der Waals surface area contributed by atoms with Crippen LogP contribution in [0.2, 0.25) is 0 Å². The molecule has 2 aromatic rings. The molecule has 0 radical (unpaired) electrons. The van der Waals surface area contributed by atoms with Gasteiger partial charge in [-0.05, 0) is 31.0 Å². The second-order valence-corrected chi connectivity index (χ2v) is 7.48. The van der Waals surface area contributed by atoms with Gasteiger partial charge < -0.3 is 19.6 Å². The summed E-state index contributed by atoms with van der Waals surface area (Å²) >= 11 is 3.38. The fourth-order valence-electron chi connectivity index (χ4n) is 3.14. The number of amides is 1. The summed E-state index contributed by atoms with van der Waals surface area (Å²) in [6.07, 6.45) is -1.19. The van der Waals surface area contributed by atoms with Crippen LogP contribution < -0.4 is 5.32 Å². The quantitative estimate of drug-likeness (QED) is 0.606. The van der Waals surface area contributed by atoms with Crippen LogP contribution in [-0.4, -0.2) is 51.1 Å². The molecule has 0 bridgehead atoms. The fraction of sp³-hybridized carbons (Fsp3) is 0.444. The van der Waals surface area contributed by atoms with Crippen LogP contribution in [0.5, 0.6) is 0 Å². The summed E-state index contributed by atoms with van der Waals surface area (Å²) in [5, 5.41) is 27.3. The SMILES string of the molecule is Cc1cc(CC(=O)N2C[C@H](O)C[C@H]2C(O)NCc2ccc(Br)cc2)on1. The van der Waals surface area contributed by atoms with Crippen LogP contribution in [0.3, 0.4) is 0 Å². The van der Waals surface area contributed by atoms with Crippen molar-refractivity contribution in [3.05, 3.63) is 51.8 Å². The Morgan fingerprint density at radius 3 is 2.85 bits per heavy atom. The first-order valence-electron chi connectivity index (χ1n) is 8.48. The maximum Gasteiger partial charge on any atom is 0.230 e. The number of aromatic nitrogens is 1. The predicted octanol–water partition coefficient (Wildman–Crippen LogP) is 1.36. The lowest BCUT2D eigenvalue weighted by molar-refractivity contribution is -0.134. The number of benzene rings is 1. The highest BCUT2D eigenvalue weighted by Gasteiger charge is 2.38. The molecule has 1 fully saturated rings. The minimum atomic E-state index is -0.934. The van der Waals surface area contributed by atoms with Crippen LogP contribution >= 0.6 is 15.9 Å². The Bertz CT molecular complexity index is 749. The van der Waals surface area contributed by atoms with Crippen LogP contribution in [0.4, 0.5) is 0 Å². The van der Waals surface area contributed by atoms with Gasteiger partial charge in [-0.3, -0.25) is 10.1 Å². The van der Waals surface area contributed by atoms with Crippen molar-refractivity contribution < 1.29 is 19.5 Å². The van der Waals surface area contributed by atoms with E-state index in [1.165, 1.54) is 4.90 Å². The molecule has 26 heavy (non-hydrogen) atoms. The summed E-state index contributed by atoms with van der Waals surface area (Å²) in [7, 11) is 0. The van der Waals surface area contributed by atoms with Crippen molar-refractivity contribution in [3.63, 3.8) is 0 Å². The van der Waals surface area contributed by atoms with Crippen molar-refractivity contribution >= 4 is 21.8 Å². The number of nitrogens with one attached hydrogen (secondary N) is 1. The molecule has 1 aromatic heterocycles. The van der Waals surface area contributed by atoms with E-state index in [9.17, 15) is 15.0 Å². The van der Waals surface area contributed by atoms with Crippen LogP contribution in [0.15, 0.2) is 39.3 Å². The van der Waals surface area contributed by atoms with E-state index < -0.39 is 18.4 Å². The third-order valence-electron chi connectivity index (χ3n) is 4.44. The van der Waals surface area contributed by atoms with Crippen molar-refractivity contribution in [1.29, 1.82) is 0 Å². The van der Waals surface area contributed by atoms with Gasteiger partial charge in [-0.25, -0.2) is 0 Å². The number of aliphatic hydroxyl groups is 2. The number of likely N-dealkylation sites (tertiary alicyclic amines) is 1. The second kappa shape index (κ2) is 8.30. The number of aryl methyl sites for hydroxylation is 1. The lowest BCUT2D eigenvalue weighted by Crippen LogP contribution is -2.49. The molecule has 1 amide bonds. The number of carbonyl (C=O) groups is 1. The first kappa shape index (κ1) is 19.0. The number of nitrogens with zero attached hydrogens (tertiary/aromatic N) is 2. The average molecular weight is 424 g/mol. The van der Waals surface area contributed by atoms with Gasteiger partial charge in [-0.1, -0.05) is 33.2 Å². The molecule has 1 saturated heterocycles. The van der Waals surface area contributed by atoms with E-state index >= 15 is 0 Å². The van der Waals surface area contributed by atoms with E-state index in [-0.39, 0.29) is 18.9 Å². The number of hydrogen-bond acceptors (Lipinski definition) is 6. The normalized spacial score (nSPS) is 21.2. The first-order chi connectivity index (χ1) is 12.4. The highest BCUT2D eigenvalue weighted by atomic mass is 79.9. The molecule has 0 saturated carbocycles. The largest absolute Gasteiger partial charge is 0.391 e. The molecular weight excluding hydrogens is 402 g/mol. The summed E-state index contributed by atoms with van der Waals surface area (Å²) in [5.41, 5.74) is 1.72. The summed E-state index contributed by atoms with van der Waals surface area (Å²) in [6.45, 7) is 2.45. The Morgan fingerprint density at radius 2 is 2.19 bits per heavy atom. The minimum absolute atomic E-state index is 0.0590.